The molecule has 0 saturated carbocycles. The van der Waals surface area contributed by atoms with Crippen LogP contribution >= 0.6 is 0 Å². The first-order valence-electron chi connectivity index (χ1n) is 6.61. The maximum atomic E-state index is 11.8. The summed E-state index contributed by atoms with van der Waals surface area (Å²) in [4.78, 5) is 24.2. The van der Waals surface area contributed by atoms with E-state index >= 15 is 0 Å². The lowest BCUT2D eigenvalue weighted by molar-refractivity contribution is -0.137. The molecule has 110 valence electrons. The molecule has 20 heavy (non-hydrogen) atoms. The molecule has 1 amide bonds. The molecule has 0 radical (unpaired) electrons. The van der Waals surface area contributed by atoms with Crippen LogP contribution in [0.3, 0.4) is 0 Å². The summed E-state index contributed by atoms with van der Waals surface area (Å²) in [5.74, 6) is -1.05. The van der Waals surface area contributed by atoms with E-state index in [0.29, 0.717) is 6.54 Å². The van der Waals surface area contributed by atoms with Crippen LogP contribution in [0.5, 0.6) is 0 Å². The largest absolute Gasteiger partial charge is 0.478 e. The number of carbonyl (C=O) groups excluding carboxylic acids is 1. The van der Waals surface area contributed by atoms with Crippen LogP contribution in [0.25, 0.3) is 0 Å². The molecule has 0 heterocycles. The fourth-order valence-corrected chi connectivity index (χ4v) is 1.56. The molecule has 0 saturated heterocycles. The first-order valence-corrected chi connectivity index (χ1v) is 6.61. The predicted octanol–water partition coefficient (Wildman–Crippen LogP) is 2.16. The lowest BCUT2D eigenvalue weighted by Gasteiger charge is -2.18. The summed E-state index contributed by atoms with van der Waals surface area (Å²) >= 11 is 0. The second kappa shape index (κ2) is 7.65. The number of carboxylic acid groups (broad SMARTS) is 1. The lowest BCUT2D eigenvalue weighted by atomic mass is 10.1. The van der Waals surface area contributed by atoms with Gasteiger partial charge in [0.2, 0.25) is 5.91 Å². The highest BCUT2D eigenvalue weighted by molar-refractivity contribution is 5.87. The van der Waals surface area contributed by atoms with Gasteiger partial charge in [-0.1, -0.05) is 19.1 Å². The number of benzene rings is 1. The Morgan fingerprint density at radius 3 is 2.40 bits per heavy atom. The molecule has 1 N–H and O–H groups in total. The molecule has 1 unspecified atom stereocenters. The first kappa shape index (κ1) is 16.2. The zero-order chi connectivity index (χ0) is 15.1. The minimum absolute atomic E-state index is 0.0682. The Balaban J connectivity index is 2.50. The van der Waals surface area contributed by atoms with E-state index < -0.39 is 5.97 Å². The van der Waals surface area contributed by atoms with Crippen molar-refractivity contribution in [3.05, 3.63) is 35.4 Å². The number of rotatable bonds is 7. The van der Waals surface area contributed by atoms with E-state index in [0.717, 1.165) is 12.0 Å². The average molecular weight is 279 g/mol. The van der Waals surface area contributed by atoms with Crippen LogP contribution in [0, 0.1) is 0 Å². The molecule has 0 aromatic heterocycles. The fraction of sp³-hybridized carbons (Fsp3) is 0.467. The number of amides is 1. The van der Waals surface area contributed by atoms with Gasteiger partial charge in [0.05, 0.1) is 11.7 Å². The van der Waals surface area contributed by atoms with E-state index in [2.05, 4.69) is 0 Å². The van der Waals surface area contributed by atoms with E-state index in [-0.39, 0.29) is 24.2 Å². The molecule has 1 rings (SSSR count). The molecule has 1 aromatic rings. The Bertz CT molecular complexity index is 455. The van der Waals surface area contributed by atoms with Gasteiger partial charge in [-0.15, -0.1) is 0 Å². The third kappa shape index (κ3) is 5.01. The Labute approximate surface area is 119 Å². The topological polar surface area (TPSA) is 66.8 Å². The number of nitrogens with zero attached hydrogens (tertiary/aromatic N) is 1. The minimum Gasteiger partial charge on any atom is -0.478 e. The third-order valence-electron chi connectivity index (χ3n) is 3.11. The lowest BCUT2D eigenvalue weighted by Crippen LogP contribution is -2.31. The highest BCUT2D eigenvalue weighted by Gasteiger charge is 2.11. The van der Waals surface area contributed by atoms with Crippen LogP contribution in [-0.2, 0) is 16.1 Å². The predicted molar refractivity (Wildman–Crippen MR) is 75.6 cm³/mol. The van der Waals surface area contributed by atoms with Gasteiger partial charge in [-0.25, -0.2) is 4.79 Å². The van der Waals surface area contributed by atoms with E-state index in [1.165, 1.54) is 12.1 Å². The molecule has 0 aliphatic heterocycles. The Morgan fingerprint density at radius 2 is 1.90 bits per heavy atom. The normalized spacial score (nSPS) is 11.9. The van der Waals surface area contributed by atoms with Crippen LogP contribution in [0.4, 0.5) is 0 Å². The summed E-state index contributed by atoms with van der Waals surface area (Å²) in [6, 6.07) is 6.49. The number of carboxylic acids is 1. The van der Waals surface area contributed by atoms with Gasteiger partial charge in [-0.2, -0.15) is 0 Å². The van der Waals surface area contributed by atoms with Gasteiger partial charge < -0.3 is 14.7 Å². The van der Waals surface area contributed by atoms with Gasteiger partial charge in [0, 0.05) is 13.6 Å². The Hall–Kier alpha value is -1.88. The minimum atomic E-state index is -0.956. The molecule has 0 aliphatic carbocycles. The molecule has 0 spiro atoms. The third-order valence-corrected chi connectivity index (χ3v) is 3.11. The Morgan fingerprint density at radius 1 is 1.30 bits per heavy atom. The maximum absolute atomic E-state index is 11.8. The van der Waals surface area contributed by atoms with Crippen molar-refractivity contribution in [1.82, 2.24) is 4.90 Å². The monoisotopic (exact) mass is 279 g/mol. The fourth-order valence-electron chi connectivity index (χ4n) is 1.56. The zero-order valence-electron chi connectivity index (χ0n) is 12.1. The second-order valence-corrected chi connectivity index (χ2v) is 4.78. The first-order chi connectivity index (χ1) is 9.43. The van der Waals surface area contributed by atoms with Gasteiger partial charge >= 0.3 is 5.97 Å². The molecular formula is C15H21NO4. The average Bonchev–Trinajstić information content (AvgIpc) is 2.44. The smallest absolute Gasteiger partial charge is 0.335 e. The van der Waals surface area contributed by atoms with Crippen molar-refractivity contribution < 1.29 is 19.4 Å². The molecule has 1 atom stereocenters. The number of hydrogen-bond acceptors (Lipinski definition) is 3. The zero-order valence-corrected chi connectivity index (χ0v) is 12.1. The summed E-state index contributed by atoms with van der Waals surface area (Å²) < 4.78 is 5.39. The van der Waals surface area contributed by atoms with Crippen molar-refractivity contribution in [3.8, 4) is 0 Å². The SMILES string of the molecule is CCC(C)OCC(=O)N(C)Cc1ccc(C(=O)O)cc1. The molecular weight excluding hydrogens is 258 g/mol. The molecule has 0 aliphatic rings. The summed E-state index contributed by atoms with van der Waals surface area (Å²) in [6.07, 6.45) is 0.940. The van der Waals surface area contributed by atoms with Crippen molar-refractivity contribution >= 4 is 11.9 Å². The molecule has 0 bridgehead atoms. The van der Waals surface area contributed by atoms with Gasteiger partial charge in [-0.05, 0) is 31.0 Å². The van der Waals surface area contributed by atoms with Crippen molar-refractivity contribution in [2.75, 3.05) is 13.7 Å². The number of hydrogen-bond donors (Lipinski definition) is 1. The van der Waals surface area contributed by atoms with Crippen LogP contribution < -0.4 is 0 Å². The van der Waals surface area contributed by atoms with Gasteiger partial charge in [0.15, 0.2) is 0 Å². The summed E-state index contributed by atoms with van der Waals surface area (Å²) in [5.41, 5.74) is 1.12. The summed E-state index contributed by atoms with van der Waals surface area (Å²) in [6.45, 7) is 4.43. The van der Waals surface area contributed by atoms with Gasteiger partial charge in [0.25, 0.3) is 0 Å². The van der Waals surface area contributed by atoms with Crippen LogP contribution in [0.15, 0.2) is 24.3 Å². The van der Waals surface area contributed by atoms with Crippen LogP contribution in [0.2, 0.25) is 0 Å². The molecule has 0 fully saturated rings. The van der Waals surface area contributed by atoms with Crippen LogP contribution in [0.1, 0.15) is 36.2 Å². The van der Waals surface area contributed by atoms with Gasteiger partial charge in [-0.3, -0.25) is 4.79 Å². The van der Waals surface area contributed by atoms with Crippen molar-refractivity contribution in [2.24, 2.45) is 0 Å². The number of likely N-dealkylation sites (N-methyl/N-ethyl adjacent to an activating group) is 1. The summed E-state index contributed by atoms with van der Waals surface area (Å²) in [7, 11) is 1.70. The number of carbonyl (C=O) groups is 2. The van der Waals surface area contributed by atoms with Crippen molar-refractivity contribution in [3.63, 3.8) is 0 Å². The molecule has 5 nitrogen and oxygen atoms in total. The van der Waals surface area contributed by atoms with Gasteiger partial charge in [0.1, 0.15) is 6.61 Å². The highest BCUT2D eigenvalue weighted by atomic mass is 16.5. The number of aromatic carboxylic acids is 1. The Kier molecular flexibility index (Phi) is 6.18. The highest BCUT2D eigenvalue weighted by Crippen LogP contribution is 2.07. The maximum Gasteiger partial charge on any atom is 0.335 e. The van der Waals surface area contributed by atoms with E-state index in [1.807, 2.05) is 13.8 Å². The van der Waals surface area contributed by atoms with E-state index in [1.54, 1.807) is 24.1 Å². The standard InChI is InChI=1S/C15H21NO4/c1-4-11(2)20-10-14(17)16(3)9-12-5-7-13(8-6-12)15(18)19/h5-8,11H,4,9-10H2,1-3H3,(H,18,19). The molecule has 1 aromatic carbocycles. The quantitative estimate of drug-likeness (QED) is 0.830. The van der Waals surface area contributed by atoms with Crippen molar-refractivity contribution in [1.29, 1.82) is 0 Å². The summed E-state index contributed by atoms with van der Waals surface area (Å²) in [5, 5.41) is 8.81. The molecule has 5 heteroatoms. The van der Waals surface area contributed by atoms with E-state index in [4.69, 9.17) is 9.84 Å². The second-order valence-electron chi connectivity index (χ2n) is 4.78. The van der Waals surface area contributed by atoms with Crippen LogP contribution in [-0.4, -0.2) is 41.6 Å². The number of ether oxygens (including phenoxy) is 1. The van der Waals surface area contributed by atoms with E-state index in [9.17, 15) is 9.59 Å². The van der Waals surface area contributed by atoms with Crippen molar-refractivity contribution in [2.45, 2.75) is 32.9 Å².